The Balaban J connectivity index is 1.94. The maximum absolute atomic E-state index is 13.5. The van der Waals surface area contributed by atoms with Gasteiger partial charge in [-0.2, -0.15) is 0 Å². The molecule has 0 saturated heterocycles. The largest absolute Gasteiger partial charge is 0.348 e. The van der Waals surface area contributed by atoms with Crippen molar-refractivity contribution >= 4 is 21.6 Å². The van der Waals surface area contributed by atoms with Crippen molar-refractivity contribution in [2.45, 2.75) is 38.6 Å². The Bertz CT molecular complexity index is 1140. The lowest BCUT2D eigenvalue weighted by Crippen LogP contribution is -2.41. The highest BCUT2D eigenvalue weighted by molar-refractivity contribution is 7.92. The molecule has 0 radical (unpaired) electrons. The molecule has 0 heterocycles. The number of carbonyl (C=O) groups is 1. The second-order valence-corrected chi connectivity index (χ2v) is 9.73. The molecule has 0 aliphatic carbocycles. The molecule has 1 amide bonds. The predicted octanol–water partition coefficient (Wildman–Crippen LogP) is 4.68. The Morgan fingerprint density at radius 1 is 0.871 bits per heavy atom. The average Bonchev–Trinajstić information content (AvgIpc) is 2.72. The van der Waals surface area contributed by atoms with E-state index in [1.54, 1.807) is 36.4 Å². The summed E-state index contributed by atoms with van der Waals surface area (Å²) < 4.78 is 28.2. The first-order valence-electron chi connectivity index (χ1n) is 10.2. The number of carbonyl (C=O) groups excluding carboxylic acids is 1. The molecule has 31 heavy (non-hydrogen) atoms. The van der Waals surface area contributed by atoms with Crippen LogP contribution in [0.25, 0.3) is 0 Å². The normalized spacial score (nSPS) is 12.3. The fourth-order valence-electron chi connectivity index (χ4n) is 3.49. The summed E-state index contributed by atoms with van der Waals surface area (Å²) in [6, 6.07) is 21.5. The second kappa shape index (κ2) is 9.35. The van der Waals surface area contributed by atoms with Gasteiger partial charge in [0.25, 0.3) is 10.0 Å². The highest BCUT2D eigenvalue weighted by Gasteiger charge is 2.28. The predicted molar refractivity (Wildman–Crippen MR) is 125 cm³/mol. The van der Waals surface area contributed by atoms with Crippen molar-refractivity contribution in [3.63, 3.8) is 0 Å². The minimum atomic E-state index is -3.93. The van der Waals surface area contributed by atoms with Gasteiger partial charge in [-0.1, -0.05) is 54.1 Å². The zero-order valence-corrected chi connectivity index (χ0v) is 19.1. The molecule has 3 rings (SSSR count). The molecule has 0 spiro atoms. The van der Waals surface area contributed by atoms with E-state index in [-0.39, 0.29) is 23.4 Å². The summed E-state index contributed by atoms with van der Waals surface area (Å²) in [5.41, 5.74) is 4.25. The summed E-state index contributed by atoms with van der Waals surface area (Å²) >= 11 is 0. The van der Waals surface area contributed by atoms with Gasteiger partial charge in [0.15, 0.2) is 0 Å². The minimum absolute atomic E-state index is 0.154. The van der Waals surface area contributed by atoms with Gasteiger partial charge in [0.1, 0.15) is 6.54 Å². The number of aryl methyl sites for hydroxylation is 3. The second-order valence-electron chi connectivity index (χ2n) is 7.87. The highest BCUT2D eigenvalue weighted by atomic mass is 32.2. The summed E-state index contributed by atoms with van der Waals surface area (Å²) in [6.45, 7) is 7.28. The molecule has 5 nitrogen and oxygen atoms in total. The molecule has 1 N–H and O–H groups in total. The third-order valence-electron chi connectivity index (χ3n) is 5.07. The Labute approximate surface area is 184 Å². The van der Waals surface area contributed by atoms with Gasteiger partial charge in [-0.25, -0.2) is 8.42 Å². The van der Waals surface area contributed by atoms with Gasteiger partial charge in [0.2, 0.25) is 5.91 Å². The molecule has 0 fully saturated rings. The van der Waals surface area contributed by atoms with Crippen molar-refractivity contribution in [3.8, 4) is 0 Å². The van der Waals surface area contributed by atoms with E-state index in [2.05, 4.69) is 5.32 Å². The Morgan fingerprint density at radius 2 is 1.45 bits per heavy atom. The summed E-state index contributed by atoms with van der Waals surface area (Å²) in [4.78, 5) is 13.0. The molecule has 6 heteroatoms. The van der Waals surface area contributed by atoms with Crippen LogP contribution < -0.4 is 9.62 Å². The summed E-state index contributed by atoms with van der Waals surface area (Å²) in [5, 5.41) is 2.91. The highest BCUT2D eigenvalue weighted by Crippen LogP contribution is 2.26. The standard InChI is InChI=1S/C25H28N2O3S/c1-18-10-12-24(13-11-18)31(29,30)27(23-15-19(2)14-20(3)16-23)17-25(28)26-21(4)22-8-6-5-7-9-22/h5-16,21H,17H2,1-4H3,(H,26,28)/t21-/m0/s1. The van der Waals surface area contributed by atoms with E-state index in [1.807, 2.05) is 64.1 Å². The van der Waals surface area contributed by atoms with Crippen molar-refractivity contribution in [2.24, 2.45) is 0 Å². The van der Waals surface area contributed by atoms with Crippen LogP contribution in [0.5, 0.6) is 0 Å². The number of benzene rings is 3. The monoisotopic (exact) mass is 436 g/mol. The van der Waals surface area contributed by atoms with Gasteiger partial charge in [0.05, 0.1) is 16.6 Å². The van der Waals surface area contributed by atoms with Crippen LogP contribution in [0, 0.1) is 20.8 Å². The maximum atomic E-state index is 13.5. The molecule has 3 aromatic carbocycles. The first-order valence-corrected chi connectivity index (χ1v) is 11.6. The van der Waals surface area contributed by atoms with E-state index in [9.17, 15) is 13.2 Å². The van der Waals surface area contributed by atoms with Crippen LogP contribution in [0.2, 0.25) is 0 Å². The number of sulfonamides is 1. The lowest BCUT2D eigenvalue weighted by molar-refractivity contribution is -0.120. The van der Waals surface area contributed by atoms with E-state index >= 15 is 0 Å². The van der Waals surface area contributed by atoms with Crippen LogP contribution in [-0.4, -0.2) is 20.9 Å². The first kappa shape index (κ1) is 22.6. The smallest absolute Gasteiger partial charge is 0.264 e. The SMILES string of the molecule is Cc1ccc(S(=O)(=O)N(CC(=O)N[C@@H](C)c2ccccc2)c2cc(C)cc(C)c2)cc1. The maximum Gasteiger partial charge on any atom is 0.264 e. The number of nitrogens with one attached hydrogen (secondary N) is 1. The summed E-state index contributed by atoms with van der Waals surface area (Å²) in [6.07, 6.45) is 0. The quantitative estimate of drug-likeness (QED) is 0.585. The van der Waals surface area contributed by atoms with Gasteiger partial charge in [0, 0.05) is 0 Å². The van der Waals surface area contributed by atoms with E-state index in [4.69, 9.17) is 0 Å². The lowest BCUT2D eigenvalue weighted by atomic mass is 10.1. The van der Waals surface area contributed by atoms with Crippen molar-refractivity contribution in [2.75, 3.05) is 10.8 Å². The molecule has 0 aromatic heterocycles. The zero-order valence-electron chi connectivity index (χ0n) is 18.3. The number of rotatable bonds is 7. The number of hydrogen-bond donors (Lipinski definition) is 1. The molecule has 0 unspecified atom stereocenters. The molecular weight excluding hydrogens is 408 g/mol. The summed E-state index contributed by atoms with van der Waals surface area (Å²) in [5.74, 6) is -0.369. The van der Waals surface area contributed by atoms with Gasteiger partial charge in [-0.3, -0.25) is 9.10 Å². The van der Waals surface area contributed by atoms with Crippen LogP contribution in [-0.2, 0) is 14.8 Å². The molecule has 0 aliphatic rings. The topological polar surface area (TPSA) is 66.5 Å². The van der Waals surface area contributed by atoms with Crippen LogP contribution >= 0.6 is 0 Å². The molecule has 1 atom stereocenters. The van der Waals surface area contributed by atoms with E-state index < -0.39 is 10.0 Å². The van der Waals surface area contributed by atoms with Crippen molar-refractivity contribution in [1.29, 1.82) is 0 Å². The molecule has 0 bridgehead atoms. The van der Waals surface area contributed by atoms with Gasteiger partial charge in [-0.15, -0.1) is 0 Å². The minimum Gasteiger partial charge on any atom is -0.348 e. The molecule has 162 valence electrons. The Morgan fingerprint density at radius 3 is 2.03 bits per heavy atom. The molecule has 0 aliphatic heterocycles. The molecular formula is C25H28N2O3S. The number of nitrogens with zero attached hydrogens (tertiary/aromatic N) is 1. The van der Waals surface area contributed by atoms with Crippen molar-refractivity contribution in [1.82, 2.24) is 5.32 Å². The van der Waals surface area contributed by atoms with Crippen LogP contribution in [0.1, 0.15) is 35.2 Å². The van der Waals surface area contributed by atoms with E-state index in [0.717, 1.165) is 22.3 Å². The Hall–Kier alpha value is -3.12. The molecule has 0 saturated carbocycles. The lowest BCUT2D eigenvalue weighted by Gasteiger charge is -2.26. The fraction of sp³-hybridized carbons (Fsp3) is 0.240. The van der Waals surface area contributed by atoms with E-state index in [1.165, 1.54) is 4.31 Å². The third-order valence-corrected chi connectivity index (χ3v) is 6.86. The van der Waals surface area contributed by atoms with Crippen LogP contribution in [0.15, 0.2) is 77.7 Å². The number of hydrogen-bond acceptors (Lipinski definition) is 3. The van der Waals surface area contributed by atoms with E-state index in [0.29, 0.717) is 5.69 Å². The molecule has 3 aromatic rings. The summed E-state index contributed by atoms with van der Waals surface area (Å²) in [7, 11) is -3.93. The van der Waals surface area contributed by atoms with Crippen LogP contribution in [0.4, 0.5) is 5.69 Å². The first-order chi connectivity index (χ1) is 14.7. The van der Waals surface area contributed by atoms with Gasteiger partial charge >= 0.3 is 0 Å². The van der Waals surface area contributed by atoms with Crippen LogP contribution in [0.3, 0.4) is 0 Å². The number of amides is 1. The number of anilines is 1. The van der Waals surface area contributed by atoms with Gasteiger partial charge in [-0.05, 0) is 68.7 Å². The van der Waals surface area contributed by atoms with Crippen molar-refractivity contribution in [3.05, 3.63) is 95.1 Å². The van der Waals surface area contributed by atoms with Gasteiger partial charge < -0.3 is 5.32 Å². The average molecular weight is 437 g/mol. The third kappa shape index (κ3) is 5.52. The zero-order chi connectivity index (χ0) is 22.6. The fourth-order valence-corrected chi connectivity index (χ4v) is 4.89. The Kier molecular flexibility index (Phi) is 6.81. The van der Waals surface area contributed by atoms with Crippen molar-refractivity contribution < 1.29 is 13.2 Å².